The van der Waals surface area contributed by atoms with Gasteiger partial charge in [-0.25, -0.2) is 0 Å². The van der Waals surface area contributed by atoms with E-state index in [0.29, 0.717) is 0 Å². The molecule has 0 bridgehead atoms. The molecule has 0 aromatic heterocycles. The van der Waals surface area contributed by atoms with Gasteiger partial charge in [0.25, 0.3) is 0 Å². The van der Waals surface area contributed by atoms with Crippen molar-refractivity contribution in [3.8, 4) is 0 Å². The molecule has 0 saturated carbocycles. The van der Waals surface area contributed by atoms with E-state index >= 15 is 0 Å². The van der Waals surface area contributed by atoms with Gasteiger partial charge >= 0.3 is 0 Å². The van der Waals surface area contributed by atoms with Crippen molar-refractivity contribution in [2.45, 2.75) is 6.42 Å². The van der Waals surface area contributed by atoms with E-state index in [1.165, 1.54) is 0 Å². The monoisotopic (exact) mass is 114 g/mol. The van der Waals surface area contributed by atoms with E-state index in [0.717, 1.165) is 12.2 Å². The molecule has 2 heteroatoms. The summed E-state index contributed by atoms with van der Waals surface area (Å²) in [6.45, 7) is 0. The molecule has 0 aromatic rings. The Balaban J connectivity index is 2.51. The van der Waals surface area contributed by atoms with Gasteiger partial charge in [0, 0.05) is 12.2 Å². The zero-order valence-corrected chi connectivity index (χ0v) is 4.70. The Hall–Kier alpha value is -0.240. The van der Waals surface area contributed by atoms with E-state index in [9.17, 15) is 4.79 Å². The van der Waals surface area contributed by atoms with E-state index < -0.39 is 0 Å². The number of ketones is 1. The molecule has 0 atom stereocenters. The Bertz CT molecular complexity index is 107. The number of thioether (sulfide) groups is 1. The molecule has 0 saturated heterocycles. The highest BCUT2D eigenvalue weighted by Crippen LogP contribution is 2.10. The van der Waals surface area contributed by atoms with Crippen LogP contribution in [-0.4, -0.2) is 11.5 Å². The first-order valence-electron chi connectivity index (χ1n) is 2.20. The average Bonchev–Trinajstić information content (AvgIpc) is 1.69. The Morgan fingerprint density at radius 1 is 1.71 bits per heavy atom. The lowest BCUT2D eigenvalue weighted by Crippen LogP contribution is -1.96. The fourth-order valence-electron chi connectivity index (χ4n) is 0.435. The van der Waals surface area contributed by atoms with E-state index in [2.05, 4.69) is 0 Å². The molecule has 1 aliphatic rings. The summed E-state index contributed by atoms with van der Waals surface area (Å²) in [4.78, 5) is 10.4. The van der Waals surface area contributed by atoms with Crippen LogP contribution >= 0.6 is 11.8 Å². The molecule has 0 unspecified atom stereocenters. The van der Waals surface area contributed by atoms with Crippen LogP contribution in [0, 0.1) is 0 Å². The third kappa shape index (κ3) is 1.35. The van der Waals surface area contributed by atoms with Crippen LogP contribution < -0.4 is 0 Å². The quantitative estimate of drug-likeness (QED) is 0.471. The van der Waals surface area contributed by atoms with Crippen LogP contribution in [0.1, 0.15) is 6.42 Å². The molecule has 7 heavy (non-hydrogen) atoms. The molecule has 1 rings (SSSR count). The molecule has 0 aromatic carbocycles. The first-order valence-corrected chi connectivity index (χ1v) is 3.25. The summed E-state index contributed by atoms with van der Waals surface area (Å²) < 4.78 is 0. The van der Waals surface area contributed by atoms with Crippen molar-refractivity contribution in [1.82, 2.24) is 0 Å². The molecule has 0 amide bonds. The molecule has 0 radical (unpaired) electrons. The van der Waals surface area contributed by atoms with Crippen molar-refractivity contribution in [1.29, 1.82) is 0 Å². The van der Waals surface area contributed by atoms with Crippen molar-refractivity contribution < 1.29 is 4.79 Å². The summed E-state index contributed by atoms with van der Waals surface area (Å²) in [5.41, 5.74) is 0. The van der Waals surface area contributed by atoms with Gasteiger partial charge in [-0.1, -0.05) is 0 Å². The number of allylic oxidation sites excluding steroid dienone is 1. The van der Waals surface area contributed by atoms with Gasteiger partial charge in [0.05, 0.1) is 0 Å². The van der Waals surface area contributed by atoms with Gasteiger partial charge in [-0.3, -0.25) is 4.79 Å². The molecule has 38 valence electrons. The van der Waals surface area contributed by atoms with E-state index in [4.69, 9.17) is 0 Å². The fourth-order valence-corrected chi connectivity index (χ4v) is 1.14. The zero-order chi connectivity index (χ0) is 5.11. The van der Waals surface area contributed by atoms with Crippen molar-refractivity contribution in [2.24, 2.45) is 0 Å². The van der Waals surface area contributed by atoms with Gasteiger partial charge in [-0.2, -0.15) is 0 Å². The molecular formula is C5H6OS. The lowest BCUT2D eigenvalue weighted by molar-refractivity contribution is -0.114. The second kappa shape index (κ2) is 2.17. The van der Waals surface area contributed by atoms with Crippen molar-refractivity contribution >= 4 is 17.5 Å². The minimum Gasteiger partial charge on any atom is -0.295 e. The smallest absolute Gasteiger partial charge is 0.157 e. The van der Waals surface area contributed by atoms with Gasteiger partial charge in [-0.15, -0.1) is 11.8 Å². The number of rotatable bonds is 0. The molecule has 0 spiro atoms. The summed E-state index contributed by atoms with van der Waals surface area (Å²) >= 11 is 1.70. The highest BCUT2D eigenvalue weighted by atomic mass is 32.2. The van der Waals surface area contributed by atoms with Crippen LogP contribution in [0.5, 0.6) is 0 Å². The first kappa shape index (κ1) is 4.91. The fraction of sp³-hybridized carbons (Fsp3) is 0.400. The summed E-state index contributed by atoms with van der Waals surface area (Å²) in [5.74, 6) is 1.23. The predicted octanol–water partition coefficient (Wildman–Crippen LogP) is 1.21. The zero-order valence-electron chi connectivity index (χ0n) is 3.89. The maximum atomic E-state index is 10.4. The maximum absolute atomic E-state index is 10.4. The van der Waals surface area contributed by atoms with E-state index in [1.54, 1.807) is 17.8 Å². The van der Waals surface area contributed by atoms with E-state index in [-0.39, 0.29) is 5.78 Å². The molecule has 0 N–H and O–H groups in total. The standard InChI is InChI=1S/C5H6OS/c6-5-1-3-7-4-2-5/h1,3H,2,4H2. The van der Waals surface area contributed by atoms with Crippen molar-refractivity contribution in [2.75, 3.05) is 5.75 Å². The molecule has 1 heterocycles. The molecule has 0 fully saturated rings. The molecule has 1 nitrogen and oxygen atoms in total. The van der Waals surface area contributed by atoms with Gasteiger partial charge in [0.1, 0.15) is 0 Å². The Morgan fingerprint density at radius 2 is 2.57 bits per heavy atom. The van der Waals surface area contributed by atoms with Gasteiger partial charge in [-0.05, 0) is 11.5 Å². The van der Waals surface area contributed by atoms with Crippen molar-refractivity contribution in [3.63, 3.8) is 0 Å². The topological polar surface area (TPSA) is 17.1 Å². The minimum atomic E-state index is 0.263. The Kier molecular flexibility index (Phi) is 1.52. The number of carbonyl (C=O) groups excluding carboxylic acids is 1. The van der Waals surface area contributed by atoms with Crippen LogP contribution in [0.4, 0.5) is 0 Å². The number of carbonyl (C=O) groups is 1. The molecular weight excluding hydrogens is 108 g/mol. The summed E-state index contributed by atoms with van der Waals surface area (Å²) in [6, 6.07) is 0. The van der Waals surface area contributed by atoms with Crippen LogP contribution in [0.25, 0.3) is 0 Å². The SMILES string of the molecule is O=C1C=CSCC1. The largest absolute Gasteiger partial charge is 0.295 e. The van der Waals surface area contributed by atoms with Crippen LogP contribution in [0.2, 0.25) is 0 Å². The Morgan fingerprint density at radius 3 is 2.86 bits per heavy atom. The third-order valence-electron chi connectivity index (χ3n) is 0.816. The van der Waals surface area contributed by atoms with Crippen LogP contribution in [0.3, 0.4) is 0 Å². The second-order valence-corrected chi connectivity index (χ2v) is 2.40. The predicted molar refractivity (Wildman–Crippen MR) is 31.2 cm³/mol. The van der Waals surface area contributed by atoms with Crippen LogP contribution in [-0.2, 0) is 4.79 Å². The first-order chi connectivity index (χ1) is 3.39. The summed E-state index contributed by atoms with van der Waals surface area (Å²) in [6.07, 6.45) is 2.36. The molecule has 0 aliphatic carbocycles. The van der Waals surface area contributed by atoms with E-state index in [1.807, 2.05) is 5.41 Å². The number of hydrogen-bond acceptors (Lipinski definition) is 2. The Labute approximate surface area is 46.8 Å². The summed E-state index contributed by atoms with van der Waals surface area (Å²) in [5, 5.41) is 1.85. The lowest BCUT2D eigenvalue weighted by atomic mass is 10.3. The van der Waals surface area contributed by atoms with Crippen molar-refractivity contribution in [3.05, 3.63) is 11.5 Å². The maximum Gasteiger partial charge on any atom is 0.157 e. The second-order valence-electron chi connectivity index (χ2n) is 1.39. The normalized spacial score (nSPS) is 20.3. The van der Waals surface area contributed by atoms with Gasteiger partial charge in [0.15, 0.2) is 5.78 Å². The highest BCUT2D eigenvalue weighted by molar-refractivity contribution is 8.02. The average molecular weight is 114 g/mol. The third-order valence-corrected chi connectivity index (χ3v) is 1.58. The highest BCUT2D eigenvalue weighted by Gasteiger charge is 1.99. The van der Waals surface area contributed by atoms with Crippen LogP contribution in [0.15, 0.2) is 11.5 Å². The summed E-state index contributed by atoms with van der Waals surface area (Å²) in [7, 11) is 0. The van der Waals surface area contributed by atoms with Gasteiger partial charge < -0.3 is 0 Å². The molecule has 1 aliphatic heterocycles. The minimum absolute atomic E-state index is 0.263. The lowest BCUT2D eigenvalue weighted by Gasteiger charge is -1.97. The number of hydrogen-bond donors (Lipinski definition) is 0. The van der Waals surface area contributed by atoms with Gasteiger partial charge in [0.2, 0.25) is 0 Å².